The lowest BCUT2D eigenvalue weighted by Gasteiger charge is -2.04. The first-order valence-electron chi connectivity index (χ1n) is 6.24. The lowest BCUT2D eigenvalue weighted by atomic mass is 10.1. The Labute approximate surface area is 130 Å². The fourth-order valence-corrected chi connectivity index (χ4v) is 3.10. The van der Waals surface area contributed by atoms with Gasteiger partial charge in [-0.1, -0.05) is 11.6 Å². The molecule has 2 aromatic heterocycles. The van der Waals surface area contributed by atoms with Crippen LogP contribution in [0.4, 0.5) is 0 Å². The van der Waals surface area contributed by atoms with Gasteiger partial charge in [0.2, 0.25) is 0 Å². The van der Waals surface area contributed by atoms with Crippen LogP contribution in [0.15, 0.2) is 35.8 Å². The number of ether oxygens (including phenoxy) is 1. The Bertz CT molecular complexity index is 816. The molecule has 0 saturated carbocycles. The first-order valence-corrected chi connectivity index (χ1v) is 7.49. The second kappa shape index (κ2) is 5.79. The molecular formula is C15H11ClN2O2S. The average Bonchev–Trinajstić information content (AvgIpc) is 2.96. The standard InChI is InChI=1S/C15H11ClN2O2S/c1-20-13(19)7-9-8-21-15(18-9)11-4-5-12(16)10-3-2-6-17-14(10)11/h2-6,8H,7H2,1H3. The van der Waals surface area contributed by atoms with Crippen LogP contribution < -0.4 is 0 Å². The summed E-state index contributed by atoms with van der Waals surface area (Å²) in [5.41, 5.74) is 2.42. The second-order valence-corrected chi connectivity index (χ2v) is 5.66. The molecule has 0 amide bonds. The zero-order chi connectivity index (χ0) is 14.8. The Kier molecular flexibility index (Phi) is 3.86. The molecule has 0 saturated heterocycles. The van der Waals surface area contributed by atoms with Crippen LogP contribution in [0.5, 0.6) is 0 Å². The van der Waals surface area contributed by atoms with Crippen LogP contribution in [0.2, 0.25) is 5.02 Å². The maximum atomic E-state index is 11.3. The van der Waals surface area contributed by atoms with E-state index in [1.807, 2.05) is 29.6 Å². The number of hydrogen-bond donors (Lipinski definition) is 0. The van der Waals surface area contributed by atoms with Gasteiger partial charge in [-0.2, -0.15) is 0 Å². The predicted octanol–water partition coefficient (Wildman–Crippen LogP) is 3.73. The van der Waals surface area contributed by atoms with Crippen LogP contribution in [-0.2, 0) is 16.0 Å². The van der Waals surface area contributed by atoms with E-state index in [0.717, 1.165) is 21.5 Å². The molecule has 106 valence electrons. The maximum Gasteiger partial charge on any atom is 0.311 e. The molecule has 0 atom stereocenters. The van der Waals surface area contributed by atoms with E-state index in [2.05, 4.69) is 14.7 Å². The van der Waals surface area contributed by atoms with Gasteiger partial charge in [-0.15, -0.1) is 11.3 Å². The number of aromatic nitrogens is 2. The van der Waals surface area contributed by atoms with Gasteiger partial charge in [-0.05, 0) is 24.3 Å². The van der Waals surface area contributed by atoms with E-state index in [1.165, 1.54) is 18.4 Å². The van der Waals surface area contributed by atoms with E-state index < -0.39 is 0 Å². The Hall–Kier alpha value is -1.98. The van der Waals surface area contributed by atoms with Gasteiger partial charge in [0, 0.05) is 22.5 Å². The molecule has 0 aliphatic carbocycles. The third-order valence-corrected chi connectivity index (χ3v) is 4.31. The third-order valence-electron chi connectivity index (χ3n) is 3.05. The van der Waals surface area contributed by atoms with Crippen molar-refractivity contribution in [1.29, 1.82) is 0 Å². The van der Waals surface area contributed by atoms with E-state index in [4.69, 9.17) is 11.6 Å². The van der Waals surface area contributed by atoms with Gasteiger partial charge in [-0.25, -0.2) is 4.98 Å². The number of fused-ring (bicyclic) bond motifs is 1. The maximum absolute atomic E-state index is 11.3. The number of pyridine rings is 1. The highest BCUT2D eigenvalue weighted by Gasteiger charge is 2.13. The lowest BCUT2D eigenvalue weighted by Crippen LogP contribution is -2.04. The summed E-state index contributed by atoms with van der Waals surface area (Å²) in [5, 5.41) is 4.22. The molecule has 3 aromatic rings. The van der Waals surface area contributed by atoms with E-state index >= 15 is 0 Å². The molecule has 0 N–H and O–H groups in total. The number of nitrogens with zero attached hydrogens (tertiary/aromatic N) is 2. The Morgan fingerprint density at radius 2 is 2.24 bits per heavy atom. The number of rotatable bonds is 3. The van der Waals surface area contributed by atoms with Crippen LogP contribution in [0, 0.1) is 0 Å². The Morgan fingerprint density at radius 3 is 3.05 bits per heavy atom. The highest BCUT2D eigenvalue weighted by atomic mass is 35.5. The molecule has 0 aliphatic rings. The number of carbonyl (C=O) groups is 1. The number of halogens is 1. The SMILES string of the molecule is COC(=O)Cc1csc(-c2ccc(Cl)c3cccnc23)n1. The fourth-order valence-electron chi connectivity index (χ4n) is 2.04. The smallest absolute Gasteiger partial charge is 0.311 e. The van der Waals surface area contributed by atoms with Crippen LogP contribution in [0.1, 0.15) is 5.69 Å². The Morgan fingerprint density at radius 1 is 1.38 bits per heavy atom. The van der Waals surface area contributed by atoms with Crippen molar-refractivity contribution < 1.29 is 9.53 Å². The summed E-state index contributed by atoms with van der Waals surface area (Å²) in [6.45, 7) is 0. The van der Waals surface area contributed by atoms with Crippen LogP contribution >= 0.6 is 22.9 Å². The van der Waals surface area contributed by atoms with Crippen LogP contribution in [0.25, 0.3) is 21.5 Å². The third kappa shape index (κ3) is 2.75. The van der Waals surface area contributed by atoms with Crippen molar-refractivity contribution in [2.24, 2.45) is 0 Å². The van der Waals surface area contributed by atoms with E-state index in [9.17, 15) is 4.79 Å². The highest BCUT2D eigenvalue weighted by Crippen LogP contribution is 2.33. The molecule has 0 fully saturated rings. The molecule has 6 heteroatoms. The van der Waals surface area contributed by atoms with E-state index in [1.54, 1.807) is 6.20 Å². The molecule has 0 radical (unpaired) electrons. The Balaban J connectivity index is 2.05. The quantitative estimate of drug-likeness (QED) is 0.690. The highest BCUT2D eigenvalue weighted by molar-refractivity contribution is 7.13. The van der Waals surface area contributed by atoms with Crippen molar-refractivity contribution in [2.75, 3.05) is 7.11 Å². The zero-order valence-electron chi connectivity index (χ0n) is 11.2. The van der Waals surface area contributed by atoms with Crippen molar-refractivity contribution in [2.45, 2.75) is 6.42 Å². The fraction of sp³-hybridized carbons (Fsp3) is 0.133. The molecule has 0 aliphatic heterocycles. The van der Waals surface area contributed by atoms with Gasteiger partial charge in [0.05, 0.1) is 29.8 Å². The van der Waals surface area contributed by atoms with E-state index in [0.29, 0.717) is 10.7 Å². The summed E-state index contributed by atoms with van der Waals surface area (Å²) in [4.78, 5) is 20.2. The molecule has 4 nitrogen and oxygen atoms in total. The minimum absolute atomic E-state index is 0.173. The largest absolute Gasteiger partial charge is 0.469 e. The van der Waals surface area contributed by atoms with Gasteiger partial charge < -0.3 is 4.74 Å². The number of thiazole rings is 1. The summed E-state index contributed by atoms with van der Waals surface area (Å²) in [7, 11) is 1.37. The van der Waals surface area contributed by atoms with Crippen molar-refractivity contribution in [3.05, 3.63) is 46.6 Å². The van der Waals surface area contributed by atoms with E-state index in [-0.39, 0.29) is 12.4 Å². The summed E-state index contributed by atoms with van der Waals surface area (Å²) in [5.74, 6) is -0.300. The van der Waals surface area contributed by atoms with Gasteiger partial charge in [-0.3, -0.25) is 9.78 Å². The van der Waals surface area contributed by atoms with Crippen molar-refractivity contribution >= 4 is 39.8 Å². The zero-order valence-corrected chi connectivity index (χ0v) is 12.7. The minimum atomic E-state index is -0.300. The molecule has 0 unspecified atom stereocenters. The molecule has 21 heavy (non-hydrogen) atoms. The predicted molar refractivity (Wildman–Crippen MR) is 83.6 cm³/mol. The molecule has 3 rings (SSSR count). The van der Waals surface area contributed by atoms with Gasteiger partial charge in [0.15, 0.2) is 0 Å². The van der Waals surface area contributed by atoms with Crippen LogP contribution in [-0.4, -0.2) is 23.0 Å². The number of carbonyl (C=O) groups excluding carboxylic acids is 1. The second-order valence-electron chi connectivity index (χ2n) is 4.39. The number of methoxy groups -OCH3 is 1. The van der Waals surface area contributed by atoms with Gasteiger partial charge in [0.1, 0.15) is 5.01 Å². The monoisotopic (exact) mass is 318 g/mol. The van der Waals surface area contributed by atoms with Crippen molar-refractivity contribution in [3.8, 4) is 10.6 Å². The van der Waals surface area contributed by atoms with Gasteiger partial charge >= 0.3 is 5.97 Å². The molecule has 0 bridgehead atoms. The number of esters is 1. The van der Waals surface area contributed by atoms with Crippen LogP contribution in [0.3, 0.4) is 0 Å². The lowest BCUT2D eigenvalue weighted by molar-refractivity contribution is -0.139. The topological polar surface area (TPSA) is 52.1 Å². The molecule has 0 spiro atoms. The summed E-state index contributed by atoms with van der Waals surface area (Å²) in [6, 6.07) is 7.51. The molecular weight excluding hydrogens is 308 g/mol. The molecule has 1 aromatic carbocycles. The van der Waals surface area contributed by atoms with Gasteiger partial charge in [0.25, 0.3) is 0 Å². The normalized spacial score (nSPS) is 10.8. The summed E-state index contributed by atoms with van der Waals surface area (Å²) < 4.78 is 4.65. The molecule has 2 heterocycles. The summed E-state index contributed by atoms with van der Waals surface area (Å²) in [6.07, 6.45) is 1.90. The van der Waals surface area contributed by atoms with Crippen molar-refractivity contribution in [3.63, 3.8) is 0 Å². The first kappa shape index (κ1) is 14.0. The number of benzene rings is 1. The van der Waals surface area contributed by atoms with Crippen molar-refractivity contribution in [1.82, 2.24) is 9.97 Å². The first-order chi connectivity index (χ1) is 10.2. The average molecular weight is 319 g/mol. The number of hydrogen-bond acceptors (Lipinski definition) is 5. The summed E-state index contributed by atoms with van der Waals surface area (Å²) >= 11 is 7.66. The minimum Gasteiger partial charge on any atom is -0.469 e.